The topological polar surface area (TPSA) is 126 Å². The van der Waals surface area contributed by atoms with Gasteiger partial charge in [0.15, 0.2) is 0 Å². The van der Waals surface area contributed by atoms with Crippen molar-refractivity contribution >= 4 is 23.3 Å². The van der Waals surface area contributed by atoms with Gasteiger partial charge in [-0.1, -0.05) is 17.3 Å². The minimum Gasteiger partial charge on any atom is -0.465 e. The Morgan fingerprint density at radius 2 is 2.03 bits per heavy atom. The summed E-state index contributed by atoms with van der Waals surface area (Å²) >= 11 is 0. The van der Waals surface area contributed by atoms with Crippen molar-refractivity contribution in [1.82, 2.24) is 24.4 Å². The average Bonchev–Trinajstić information content (AvgIpc) is 3.41. The fraction of sp³-hybridized carbons (Fsp3) is 0.261. The molecule has 0 radical (unpaired) electrons. The van der Waals surface area contributed by atoms with Gasteiger partial charge in [-0.25, -0.2) is 9.78 Å². The first-order chi connectivity index (χ1) is 15.8. The molecule has 0 saturated carbocycles. The third kappa shape index (κ3) is 3.59. The Kier molecular flexibility index (Phi) is 4.85. The van der Waals surface area contributed by atoms with E-state index in [0.717, 1.165) is 11.1 Å². The number of carbonyl (C=O) groups excluding carboxylic acids is 1. The molecule has 2 N–H and O–H groups in total. The Hall–Kier alpha value is -4.21. The molecule has 1 aliphatic heterocycles. The molecule has 1 aromatic carbocycles. The van der Waals surface area contributed by atoms with E-state index in [9.17, 15) is 9.59 Å². The summed E-state index contributed by atoms with van der Waals surface area (Å²) in [5.74, 6) is 0.372. The number of amides is 2. The summed E-state index contributed by atoms with van der Waals surface area (Å²) in [5.41, 5.74) is 4.39. The molecular formula is C23H22N6O4. The third-order valence-electron chi connectivity index (χ3n) is 6.12. The minimum atomic E-state index is -0.960. The van der Waals surface area contributed by atoms with E-state index >= 15 is 0 Å². The molecule has 1 fully saturated rings. The van der Waals surface area contributed by atoms with Crippen molar-refractivity contribution in [2.45, 2.75) is 32.7 Å². The number of carbonyl (C=O) groups is 2. The van der Waals surface area contributed by atoms with E-state index in [0.29, 0.717) is 40.9 Å². The van der Waals surface area contributed by atoms with Gasteiger partial charge in [0.1, 0.15) is 11.3 Å². The van der Waals surface area contributed by atoms with Crippen molar-refractivity contribution in [2.24, 2.45) is 0 Å². The molecule has 10 nitrogen and oxygen atoms in total. The number of aryl methyl sites for hydroxylation is 2. The van der Waals surface area contributed by atoms with Crippen LogP contribution in [0.5, 0.6) is 0 Å². The molecule has 3 aromatic heterocycles. The van der Waals surface area contributed by atoms with Gasteiger partial charge in [-0.05, 0) is 50.1 Å². The number of hydrogen-bond donors (Lipinski definition) is 2. The number of rotatable bonds is 4. The molecule has 4 aromatic rings. The summed E-state index contributed by atoms with van der Waals surface area (Å²) in [6.45, 7) is 6.01. The van der Waals surface area contributed by atoms with Gasteiger partial charge in [-0.2, -0.15) is 4.98 Å². The Morgan fingerprint density at radius 1 is 1.21 bits per heavy atom. The number of likely N-dealkylation sites (tertiary alicyclic amines) is 1. The van der Waals surface area contributed by atoms with Crippen LogP contribution in [-0.4, -0.2) is 54.1 Å². The number of nitrogens with one attached hydrogen (secondary N) is 1. The van der Waals surface area contributed by atoms with E-state index < -0.39 is 6.09 Å². The smallest absolute Gasteiger partial charge is 0.407 e. The lowest BCUT2D eigenvalue weighted by Gasteiger charge is -2.42. The van der Waals surface area contributed by atoms with Crippen LogP contribution in [0.15, 0.2) is 47.2 Å². The number of pyridine rings is 1. The largest absolute Gasteiger partial charge is 0.465 e. The van der Waals surface area contributed by atoms with E-state index in [1.54, 1.807) is 16.7 Å². The third-order valence-corrected chi connectivity index (χ3v) is 6.12. The van der Waals surface area contributed by atoms with Crippen LogP contribution in [0.4, 0.5) is 10.5 Å². The van der Waals surface area contributed by atoms with Gasteiger partial charge in [0, 0.05) is 30.0 Å². The second kappa shape index (κ2) is 7.73. The Labute approximate surface area is 188 Å². The summed E-state index contributed by atoms with van der Waals surface area (Å²) < 4.78 is 7.15. The first-order valence-corrected chi connectivity index (χ1v) is 10.5. The highest BCUT2D eigenvalue weighted by Gasteiger charge is 2.43. The summed E-state index contributed by atoms with van der Waals surface area (Å²) in [4.78, 5) is 34.2. The molecule has 33 heavy (non-hydrogen) atoms. The molecule has 0 aliphatic carbocycles. The monoisotopic (exact) mass is 446 g/mol. The molecule has 5 rings (SSSR count). The van der Waals surface area contributed by atoms with Crippen LogP contribution in [0.2, 0.25) is 0 Å². The van der Waals surface area contributed by atoms with Gasteiger partial charge in [-0.15, -0.1) is 0 Å². The van der Waals surface area contributed by atoms with Crippen molar-refractivity contribution in [3.63, 3.8) is 0 Å². The minimum absolute atomic E-state index is 0.134. The van der Waals surface area contributed by atoms with E-state index in [-0.39, 0.29) is 17.9 Å². The van der Waals surface area contributed by atoms with Crippen LogP contribution >= 0.6 is 0 Å². The van der Waals surface area contributed by atoms with Crippen LogP contribution in [0, 0.1) is 13.8 Å². The Morgan fingerprint density at radius 3 is 2.79 bits per heavy atom. The zero-order valence-electron chi connectivity index (χ0n) is 18.3. The molecule has 0 bridgehead atoms. The summed E-state index contributed by atoms with van der Waals surface area (Å²) in [5, 5.41) is 16.2. The second-order valence-corrected chi connectivity index (χ2v) is 8.30. The Bertz CT molecular complexity index is 1390. The number of benzene rings is 1. The highest BCUT2D eigenvalue weighted by molar-refractivity contribution is 6.04. The van der Waals surface area contributed by atoms with Gasteiger partial charge in [-0.3, -0.25) is 9.20 Å². The number of anilines is 1. The fourth-order valence-electron chi connectivity index (χ4n) is 3.98. The molecule has 2 atom stereocenters. The predicted molar refractivity (Wildman–Crippen MR) is 119 cm³/mol. The molecule has 0 spiro atoms. The van der Waals surface area contributed by atoms with Crippen LogP contribution in [0.3, 0.4) is 0 Å². The number of carboxylic acid groups (broad SMARTS) is 1. The van der Waals surface area contributed by atoms with Crippen molar-refractivity contribution in [1.29, 1.82) is 0 Å². The van der Waals surface area contributed by atoms with Crippen molar-refractivity contribution in [3.05, 3.63) is 65.4 Å². The first kappa shape index (κ1) is 20.7. The molecule has 1 aliphatic rings. The maximum Gasteiger partial charge on any atom is 0.407 e. The zero-order valence-corrected chi connectivity index (χ0v) is 18.3. The number of aromatic nitrogens is 4. The fourth-order valence-corrected chi connectivity index (χ4v) is 3.98. The van der Waals surface area contributed by atoms with Gasteiger partial charge >= 0.3 is 6.09 Å². The van der Waals surface area contributed by atoms with Crippen molar-refractivity contribution < 1.29 is 19.2 Å². The van der Waals surface area contributed by atoms with Crippen molar-refractivity contribution in [2.75, 3.05) is 11.9 Å². The van der Waals surface area contributed by atoms with E-state index in [1.165, 1.54) is 4.90 Å². The number of nitrogens with zero attached hydrogens (tertiary/aromatic N) is 5. The van der Waals surface area contributed by atoms with Gasteiger partial charge in [0.25, 0.3) is 5.91 Å². The van der Waals surface area contributed by atoms with Gasteiger partial charge in [0.2, 0.25) is 11.7 Å². The first-order valence-electron chi connectivity index (χ1n) is 10.5. The lowest BCUT2D eigenvalue weighted by molar-refractivity contribution is 0.0533. The lowest BCUT2D eigenvalue weighted by atomic mass is 9.90. The van der Waals surface area contributed by atoms with Crippen LogP contribution in [0.1, 0.15) is 40.3 Å². The lowest BCUT2D eigenvalue weighted by Crippen LogP contribution is -2.55. The molecule has 10 heteroatoms. The summed E-state index contributed by atoms with van der Waals surface area (Å²) in [7, 11) is 0. The van der Waals surface area contributed by atoms with Crippen LogP contribution < -0.4 is 5.32 Å². The highest BCUT2D eigenvalue weighted by atomic mass is 16.5. The molecule has 168 valence electrons. The van der Waals surface area contributed by atoms with Gasteiger partial charge < -0.3 is 19.8 Å². The van der Waals surface area contributed by atoms with E-state index in [2.05, 4.69) is 20.4 Å². The second-order valence-electron chi connectivity index (χ2n) is 8.30. The van der Waals surface area contributed by atoms with Gasteiger partial charge in [0.05, 0.1) is 12.1 Å². The number of imidazole rings is 1. The molecular weight excluding hydrogens is 424 g/mol. The standard InChI is InChI=1S/C23H22N6O4/c1-12-6-7-28-18(10-24-19(28)8-12)21(30)25-17-9-15(5-4-13(17)2)20-26-22(33-27-20)16-11-29(14(16)3)23(31)32/h4-10,14,16H,11H2,1-3H3,(H,25,30)(H,31,32). The van der Waals surface area contributed by atoms with E-state index in [1.807, 2.05) is 51.2 Å². The average molecular weight is 446 g/mol. The predicted octanol–water partition coefficient (Wildman–Crippen LogP) is 3.72. The molecule has 2 amide bonds. The number of hydrogen-bond acceptors (Lipinski definition) is 6. The quantitative estimate of drug-likeness (QED) is 0.489. The van der Waals surface area contributed by atoms with E-state index in [4.69, 9.17) is 9.63 Å². The molecule has 2 unspecified atom stereocenters. The zero-order chi connectivity index (χ0) is 23.3. The van der Waals surface area contributed by atoms with Crippen LogP contribution in [0.25, 0.3) is 17.0 Å². The summed E-state index contributed by atoms with van der Waals surface area (Å²) in [6, 6.07) is 9.13. The van der Waals surface area contributed by atoms with Crippen LogP contribution in [-0.2, 0) is 0 Å². The molecule has 4 heterocycles. The van der Waals surface area contributed by atoms with Crippen molar-refractivity contribution in [3.8, 4) is 11.4 Å². The number of fused-ring (bicyclic) bond motifs is 1. The highest BCUT2D eigenvalue weighted by Crippen LogP contribution is 2.34. The SMILES string of the molecule is Cc1ccn2c(C(=O)Nc3cc(-c4noc(C5CN(C(=O)O)C5C)n4)ccc3C)cnc2c1. The normalized spacial score (nSPS) is 17.7. The maximum absolute atomic E-state index is 13.0. The molecule has 1 saturated heterocycles. The Balaban J connectivity index is 1.37. The summed E-state index contributed by atoms with van der Waals surface area (Å²) in [6.07, 6.45) is 2.41. The maximum atomic E-state index is 13.0.